The smallest absolute Gasteiger partial charge is 0.0819 e. The Kier molecular flexibility index (Phi) is 5.21. The summed E-state index contributed by atoms with van der Waals surface area (Å²) in [4.78, 5) is 0. The zero-order valence-electron chi connectivity index (χ0n) is 12.4. The molecule has 20 heavy (non-hydrogen) atoms. The van der Waals surface area contributed by atoms with E-state index in [-0.39, 0.29) is 0 Å². The second kappa shape index (κ2) is 6.91. The number of aromatic nitrogens is 2. The van der Waals surface area contributed by atoms with Gasteiger partial charge in [-0.25, -0.2) is 4.68 Å². The van der Waals surface area contributed by atoms with E-state index >= 15 is 0 Å². The van der Waals surface area contributed by atoms with E-state index in [2.05, 4.69) is 42.5 Å². The third-order valence-corrected chi connectivity index (χ3v) is 3.82. The standard InChI is InChI=1S/C16H22ClN3/c1-4-10-18-15(5-2)13-8-6-7-9-16(13)20-11-14(17)12(3)19-20/h6-9,11,15,18H,4-5,10H2,1-3H3. The molecule has 1 N–H and O–H groups in total. The summed E-state index contributed by atoms with van der Waals surface area (Å²) in [7, 11) is 0. The molecule has 0 spiro atoms. The Morgan fingerprint density at radius 2 is 2.05 bits per heavy atom. The van der Waals surface area contributed by atoms with Crippen molar-refractivity contribution in [3.63, 3.8) is 0 Å². The minimum Gasteiger partial charge on any atom is -0.310 e. The minimum absolute atomic E-state index is 0.342. The number of nitrogens with one attached hydrogen (secondary N) is 1. The molecule has 1 unspecified atom stereocenters. The molecule has 4 heteroatoms. The summed E-state index contributed by atoms with van der Waals surface area (Å²) in [5.41, 5.74) is 3.22. The summed E-state index contributed by atoms with van der Waals surface area (Å²) < 4.78 is 1.88. The van der Waals surface area contributed by atoms with Crippen molar-refractivity contribution >= 4 is 11.6 Å². The highest BCUT2D eigenvalue weighted by Crippen LogP contribution is 2.25. The van der Waals surface area contributed by atoms with Crippen LogP contribution in [0.5, 0.6) is 0 Å². The monoisotopic (exact) mass is 291 g/mol. The molecule has 1 aromatic carbocycles. The number of para-hydroxylation sites is 1. The average molecular weight is 292 g/mol. The van der Waals surface area contributed by atoms with Crippen molar-refractivity contribution < 1.29 is 0 Å². The molecule has 1 atom stereocenters. The molecule has 3 nitrogen and oxygen atoms in total. The van der Waals surface area contributed by atoms with Crippen LogP contribution in [0.3, 0.4) is 0 Å². The topological polar surface area (TPSA) is 29.9 Å². The number of benzene rings is 1. The lowest BCUT2D eigenvalue weighted by Crippen LogP contribution is -2.22. The Balaban J connectivity index is 2.38. The Morgan fingerprint density at radius 1 is 1.30 bits per heavy atom. The van der Waals surface area contributed by atoms with Crippen LogP contribution in [-0.2, 0) is 0 Å². The van der Waals surface area contributed by atoms with E-state index in [1.54, 1.807) is 0 Å². The molecule has 0 bridgehead atoms. The van der Waals surface area contributed by atoms with Gasteiger partial charge in [0.25, 0.3) is 0 Å². The summed E-state index contributed by atoms with van der Waals surface area (Å²) in [6, 6.07) is 8.71. The summed E-state index contributed by atoms with van der Waals surface area (Å²) in [5.74, 6) is 0. The van der Waals surface area contributed by atoms with E-state index in [1.165, 1.54) is 5.56 Å². The van der Waals surface area contributed by atoms with Gasteiger partial charge in [0, 0.05) is 12.2 Å². The van der Waals surface area contributed by atoms with E-state index in [4.69, 9.17) is 11.6 Å². The molecule has 0 aliphatic carbocycles. The fourth-order valence-electron chi connectivity index (χ4n) is 2.35. The van der Waals surface area contributed by atoms with E-state index < -0.39 is 0 Å². The molecule has 2 rings (SSSR count). The van der Waals surface area contributed by atoms with Crippen LogP contribution >= 0.6 is 11.6 Å². The SMILES string of the molecule is CCCNC(CC)c1ccccc1-n1cc(Cl)c(C)n1. The second-order valence-corrected chi connectivity index (χ2v) is 5.39. The van der Waals surface area contributed by atoms with E-state index in [9.17, 15) is 0 Å². The molecule has 108 valence electrons. The summed E-state index contributed by atoms with van der Waals surface area (Å²) in [6.07, 6.45) is 4.05. The van der Waals surface area contributed by atoms with E-state index in [0.29, 0.717) is 11.1 Å². The number of aryl methyl sites for hydroxylation is 1. The van der Waals surface area contributed by atoms with Gasteiger partial charge < -0.3 is 5.32 Å². The molecule has 0 amide bonds. The zero-order chi connectivity index (χ0) is 14.5. The first-order valence-corrected chi connectivity index (χ1v) is 7.59. The van der Waals surface area contributed by atoms with Gasteiger partial charge in [0.2, 0.25) is 0 Å². The summed E-state index contributed by atoms with van der Waals surface area (Å²) >= 11 is 6.13. The van der Waals surface area contributed by atoms with Crippen molar-refractivity contribution in [3.8, 4) is 5.69 Å². The van der Waals surface area contributed by atoms with Crippen LogP contribution in [-0.4, -0.2) is 16.3 Å². The number of rotatable bonds is 6. The van der Waals surface area contributed by atoms with Crippen molar-refractivity contribution in [2.75, 3.05) is 6.54 Å². The third-order valence-electron chi connectivity index (χ3n) is 3.45. The lowest BCUT2D eigenvalue weighted by molar-refractivity contribution is 0.515. The van der Waals surface area contributed by atoms with Gasteiger partial charge in [-0.2, -0.15) is 5.10 Å². The first-order valence-electron chi connectivity index (χ1n) is 7.21. The second-order valence-electron chi connectivity index (χ2n) is 4.98. The van der Waals surface area contributed by atoms with Crippen molar-refractivity contribution in [1.29, 1.82) is 0 Å². The minimum atomic E-state index is 0.342. The van der Waals surface area contributed by atoms with Crippen molar-refractivity contribution in [2.24, 2.45) is 0 Å². The molecule has 0 saturated heterocycles. The maximum atomic E-state index is 6.13. The van der Waals surface area contributed by atoms with Crippen LogP contribution < -0.4 is 5.32 Å². The van der Waals surface area contributed by atoms with Crippen LogP contribution in [0.2, 0.25) is 5.02 Å². The Morgan fingerprint density at radius 3 is 2.65 bits per heavy atom. The third kappa shape index (κ3) is 3.22. The van der Waals surface area contributed by atoms with Crippen LogP contribution in [0, 0.1) is 6.92 Å². The highest BCUT2D eigenvalue weighted by Gasteiger charge is 2.15. The molecular formula is C16H22ClN3. The fourth-order valence-corrected chi connectivity index (χ4v) is 2.48. The Hall–Kier alpha value is -1.32. The Bertz CT molecular complexity index is 543. The zero-order valence-corrected chi connectivity index (χ0v) is 13.1. The van der Waals surface area contributed by atoms with E-state index in [0.717, 1.165) is 30.8 Å². The van der Waals surface area contributed by atoms with Crippen LogP contribution in [0.1, 0.15) is 44.0 Å². The number of hydrogen-bond donors (Lipinski definition) is 1. The predicted octanol–water partition coefficient (Wildman–Crippen LogP) is 4.28. The first kappa shape index (κ1) is 15.1. The molecular weight excluding hydrogens is 270 g/mol. The van der Waals surface area contributed by atoms with Crippen molar-refractivity contribution in [1.82, 2.24) is 15.1 Å². The van der Waals surface area contributed by atoms with Gasteiger partial charge in [-0.3, -0.25) is 0 Å². The van der Waals surface area contributed by atoms with Gasteiger partial charge in [0.1, 0.15) is 0 Å². The van der Waals surface area contributed by atoms with Gasteiger partial charge in [-0.15, -0.1) is 0 Å². The van der Waals surface area contributed by atoms with E-state index in [1.807, 2.05) is 23.9 Å². The lowest BCUT2D eigenvalue weighted by Gasteiger charge is -2.20. The maximum Gasteiger partial charge on any atom is 0.0819 e. The first-order chi connectivity index (χ1) is 9.67. The molecule has 0 radical (unpaired) electrons. The molecule has 2 aromatic rings. The number of nitrogens with zero attached hydrogens (tertiary/aromatic N) is 2. The van der Waals surface area contributed by atoms with Crippen LogP contribution in [0.25, 0.3) is 5.69 Å². The van der Waals surface area contributed by atoms with Gasteiger partial charge in [-0.05, 0) is 37.9 Å². The highest BCUT2D eigenvalue weighted by molar-refractivity contribution is 6.31. The lowest BCUT2D eigenvalue weighted by atomic mass is 10.0. The van der Waals surface area contributed by atoms with Gasteiger partial charge in [0.15, 0.2) is 0 Å². The van der Waals surface area contributed by atoms with Crippen molar-refractivity contribution in [3.05, 3.63) is 46.7 Å². The normalized spacial score (nSPS) is 12.6. The molecule has 0 saturated carbocycles. The van der Waals surface area contributed by atoms with Gasteiger partial charge in [-0.1, -0.05) is 43.6 Å². The van der Waals surface area contributed by atoms with Crippen LogP contribution in [0.15, 0.2) is 30.5 Å². The number of hydrogen-bond acceptors (Lipinski definition) is 2. The van der Waals surface area contributed by atoms with Crippen LogP contribution in [0.4, 0.5) is 0 Å². The Labute approximate surface area is 126 Å². The quantitative estimate of drug-likeness (QED) is 0.860. The average Bonchev–Trinajstić information content (AvgIpc) is 2.80. The predicted molar refractivity (Wildman–Crippen MR) is 84.6 cm³/mol. The molecule has 0 aliphatic heterocycles. The molecule has 1 heterocycles. The maximum absolute atomic E-state index is 6.13. The van der Waals surface area contributed by atoms with Crippen molar-refractivity contribution in [2.45, 2.75) is 39.7 Å². The summed E-state index contributed by atoms with van der Waals surface area (Å²) in [6.45, 7) is 7.33. The molecule has 0 aliphatic rings. The van der Waals surface area contributed by atoms with Gasteiger partial charge in [0.05, 0.1) is 16.4 Å². The molecule has 0 fully saturated rings. The van der Waals surface area contributed by atoms with Gasteiger partial charge >= 0.3 is 0 Å². The number of halogens is 1. The molecule has 1 aromatic heterocycles. The largest absolute Gasteiger partial charge is 0.310 e. The fraction of sp³-hybridized carbons (Fsp3) is 0.438. The highest BCUT2D eigenvalue weighted by atomic mass is 35.5. The summed E-state index contributed by atoms with van der Waals surface area (Å²) in [5, 5.41) is 8.79.